The van der Waals surface area contributed by atoms with Gasteiger partial charge in [0.05, 0.1) is 10.5 Å². The lowest BCUT2D eigenvalue weighted by Gasteiger charge is -2.17. The largest absolute Gasteiger partial charge is 0.312 e. The number of carbonyl (C=O) groups excluding carboxylic acids is 1. The van der Waals surface area contributed by atoms with E-state index in [0.29, 0.717) is 6.54 Å². The third-order valence-electron chi connectivity index (χ3n) is 4.13. The SMILES string of the molecule is N#Cc1ccccc1S(=O)(=O)NCC1CC(=O)N(c2ccccc2)C1. The third kappa shape index (κ3) is 3.71. The Morgan fingerprint density at radius 2 is 1.80 bits per heavy atom. The summed E-state index contributed by atoms with van der Waals surface area (Å²) in [7, 11) is -3.79. The second-order valence-electron chi connectivity index (χ2n) is 5.87. The Morgan fingerprint density at radius 3 is 2.52 bits per heavy atom. The number of nitriles is 1. The van der Waals surface area contributed by atoms with Gasteiger partial charge in [-0.15, -0.1) is 0 Å². The molecule has 3 rings (SSSR count). The van der Waals surface area contributed by atoms with E-state index < -0.39 is 10.0 Å². The Morgan fingerprint density at radius 1 is 1.12 bits per heavy atom. The molecule has 0 spiro atoms. The van der Waals surface area contributed by atoms with Crippen LogP contribution in [0.5, 0.6) is 0 Å². The van der Waals surface area contributed by atoms with Crippen LogP contribution >= 0.6 is 0 Å². The third-order valence-corrected chi connectivity index (χ3v) is 5.61. The van der Waals surface area contributed by atoms with Crippen molar-refractivity contribution in [3.8, 4) is 6.07 Å². The summed E-state index contributed by atoms with van der Waals surface area (Å²) < 4.78 is 27.4. The zero-order chi connectivity index (χ0) is 17.9. The first-order chi connectivity index (χ1) is 12.0. The minimum atomic E-state index is -3.79. The van der Waals surface area contributed by atoms with Crippen LogP contribution in [0.4, 0.5) is 5.69 Å². The molecule has 128 valence electrons. The van der Waals surface area contributed by atoms with E-state index in [-0.39, 0.29) is 35.2 Å². The first-order valence-corrected chi connectivity index (χ1v) is 9.34. The van der Waals surface area contributed by atoms with Crippen LogP contribution in [0.1, 0.15) is 12.0 Å². The van der Waals surface area contributed by atoms with Gasteiger partial charge in [-0.1, -0.05) is 30.3 Å². The van der Waals surface area contributed by atoms with Gasteiger partial charge in [0.25, 0.3) is 0 Å². The van der Waals surface area contributed by atoms with E-state index in [1.54, 1.807) is 17.0 Å². The number of hydrogen-bond donors (Lipinski definition) is 1. The van der Waals surface area contributed by atoms with Crippen LogP contribution in [0.2, 0.25) is 0 Å². The quantitative estimate of drug-likeness (QED) is 0.887. The molecule has 2 aromatic rings. The lowest BCUT2D eigenvalue weighted by atomic mass is 10.1. The summed E-state index contributed by atoms with van der Waals surface area (Å²) in [5.41, 5.74) is 0.913. The van der Waals surface area contributed by atoms with E-state index in [1.807, 2.05) is 36.4 Å². The molecule has 7 heteroatoms. The van der Waals surface area contributed by atoms with Crippen molar-refractivity contribution in [2.75, 3.05) is 18.0 Å². The number of sulfonamides is 1. The topological polar surface area (TPSA) is 90.3 Å². The molecule has 0 saturated carbocycles. The van der Waals surface area contributed by atoms with E-state index in [9.17, 15) is 13.2 Å². The Kier molecular flexibility index (Phi) is 4.83. The molecule has 1 heterocycles. The number of anilines is 1. The molecular formula is C18H17N3O3S. The lowest BCUT2D eigenvalue weighted by Crippen LogP contribution is -2.31. The summed E-state index contributed by atoms with van der Waals surface area (Å²) in [4.78, 5) is 13.8. The summed E-state index contributed by atoms with van der Waals surface area (Å²) >= 11 is 0. The summed E-state index contributed by atoms with van der Waals surface area (Å²) in [5.74, 6) is -0.135. The van der Waals surface area contributed by atoms with Crippen molar-refractivity contribution in [2.45, 2.75) is 11.3 Å². The molecule has 1 aliphatic rings. The lowest BCUT2D eigenvalue weighted by molar-refractivity contribution is -0.117. The van der Waals surface area contributed by atoms with E-state index in [2.05, 4.69) is 4.72 Å². The Balaban J connectivity index is 1.68. The van der Waals surface area contributed by atoms with Gasteiger partial charge in [0, 0.05) is 25.2 Å². The van der Waals surface area contributed by atoms with E-state index in [1.165, 1.54) is 12.1 Å². The summed E-state index contributed by atoms with van der Waals surface area (Å²) in [5, 5.41) is 9.06. The van der Waals surface area contributed by atoms with Crippen molar-refractivity contribution in [1.82, 2.24) is 4.72 Å². The van der Waals surface area contributed by atoms with Gasteiger partial charge in [-0.25, -0.2) is 13.1 Å². The second kappa shape index (κ2) is 7.05. The highest BCUT2D eigenvalue weighted by Crippen LogP contribution is 2.25. The number of nitrogens with one attached hydrogen (secondary N) is 1. The molecule has 1 aliphatic heterocycles. The number of amides is 1. The summed E-state index contributed by atoms with van der Waals surface area (Å²) in [6, 6.07) is 17.2. The molecule has 1 amide bonds. The number of benzene rings is 2. The molecule has 0 aliphatic carbocycles. The molecule has 1 N–H and O–H groups in total. The smallest absolute Gasteiger partial charge is 0.241 e. The van der Waals surface area contributed by atoms with Crippen molar-refractivity contribution in [2.24, 2.45) is 5.92 Å². The highest BCUT2D eigenvalue weighted by molar-refractivity contribution is 7.89. The van der Waals surface area contributed by atoms with E-state index in [4.69, 9.17) is 5.26 Å². The average molecular weight is 355 g/mol. The second-order valence-corrected chi connectivity index (χ2v) is 7.61. The maximum atomic E-state index is 12.4. The van der Waals surface area contributed by atoms with Gasteiger partial charge in [0.1, 0.15) is 6.07 Å². The van der Waals surface area contributed by atoms with Gasteiger partial charge in [0.15, 0.2) is 0 Å². The normalized spacial score (nSPS) is 17.5. The van der Waals surface area contributed by atoms with Crippen LogP contribution in [-0.4, -0.2) is 27.4 Å². The first-order valence-electron chi connectivity index (χ1n) is 7.85. The molecule has 1 unspecified atom stereocenters. The fourth-order valence-electron chi connectivity index (χ4n) is 2.87. The van der Waals surface area contributed by atoms with Crippen LogP contribution in [0, 0.1) is 17.2 Å². The number of para-hydroxylation sites is 1. The zero-order valence-electron chi connectivity index (χ0n) is 13.4. The molecule has 1 fully saturated rings. The minimum Gasteiger partial charge on any atom is -0.312 e. The molecule has 1 atom stereocenters. The van der Waals surface area contributed by atoms with Crippen molar-refractivity contribution in [3.63, 3.8) is 0 Å². The molecule has 1 saturated heterocycles. The predicted octanol–water partition coefficient (Wildman–Crippen LogP) is 1.89. The maximum absolute atomic E-state index is 12.4. The van der Waals surface area contributed by atoms with Crippen LogP contribution in [0.25, 0.3) is 0 Å². The standard InChI is InChI=1S/C18H17N3O3S/c19-11-15-6-4-5-9-17(15)25(23,24)20-12-14-10-18(22)21(13-14)16-7-2-1-3-8-16/h1-9,14,20H,10,12-13H2. The fourth-order valence-corrected chi connectivity index (χ4v) is 4.15. The zero-order valence-corrected chi connectivity index (χ0v) is 14.2. The van der Waals surface area contributed by atoms with Gasteiger partial charge in [-0.05, 0) is 30.2 Å². The van der Waals surface area contributed by atoms with Gasteiger partial charge in [-0.3, -0.25) is 4.79 Å². The first kappa shape index (κ1) is 17.1. The van der Waals surface area contributed by atoms with Crippen molar-refractivity contribution in [3.05, 3.63) is 60.2 Å². The molecule has 2 aromatic carbocycles. The Labute approximate surface area is 146 Å². The Hall–Kier alpha value is -2.69. The number of hydrogen-bond acceptors (Lipinski definition) is 4. The van der Waals surface area contributed by atoms with E-state index >= 15 is 0 Å². The Bertz CT molecular complexity index is 920. The monoisotopic (exact) mass is 355 g/mol. The molecule has 6 nitrogen and oxygen atoms in total. The number of nitrogens with zero attached hydrogens (tertiary/aromatic N) is 2. The number of rotatable bonds is 5. The van der Waals surface area contributed by atoms with Crippen LogP contribution < -0.4 is 9.62 Å². The highest BCUT2D eigenvalue weighted by Gasteiger charge is 2.31. The molecule has 0 radical (unpaired) electrons. The molecule has 0 bridgehead atoms. The summed E-state index contributed by atoms with van der Waals surface area (Å²) in [6.45, 7) is 0.614. The van der Waals surface area contributed by atoms with E-state index in [0.717, 1.165) is 5.69 Å². The van der Waals surface area contributed by atoms with Crippen LogP contribution in [-0.2, 0) is 14.8 Å². The average Bonchev–Trinajstić information content (AvgIpc) is 3.01. The minimum absolute atomic E-state index is 0.0205. The summed E-state index contributed by atoms with van der Waals surface area (Å²) in [6.07, 6.45) is 0.289. The molecule has 25 heavy (non-hydrogen) atoms. The van der Waals surface area contributed by atoms with Gasteiger partial charge in [-0.2, -0.15) is 5.26 Å². The predicted molar refractivity (Wildman–Crippen MR) is 93.2 cm³/mol. The van der Waals surface area contributed by atoms with Gasteiger partial charge in [0.2, 0.25) is 15.9 Å². The fraction of sp³-hybridized carbons (Fsp3) is 0.222. The van der Waals surface area contributed by atoms with Crippen LogP contribution in [0.3, 0.4) is 0 Å². The molecular weight excluding hydrogens is 338 g/mol. The molecule has 0 aromatic heterocycles. The maximum Gasteiger partial charge on any atom is 0.241 e. The highest BCUT2D eigenvalue weighted by atomic mass is 32.2. The number of carbonyl (C=O) groups is 1. The van der Waals surface area contributed by atoms with Crippen molar-refractivity contribution in [1.29, 1.82) is 5.26 Å². The van der Waals surface area contributed by atoms with Gasteiger partial charge >= 0.3 is 0 Å². The van der Waals surface area contributed by atoms with Crippen LogP contribution in [0.15, 0.2) is 59.5 Å². The van der Waals surface area contributed by atoms with Gasteiger partial charge < -0.3 is 4.90 Å². The van der Waals surface area contributed by atoms with Crippen molar-refractivity contribution >= 4 is 21.6 Å². The van der Waals surface area contributed by atoms with Crippen molar-refractivity contribution < 1.29 is 13.2 Å².